The fourth-order valence-corrected chi connectivity index (χ4v) is 8.43. The van der Waals surface area contributed by atoms with Gasteiger partial charge in [-0.25, -0.2) is 0 Å². The third-order valence-corrected chi connectivity index (χ3v) is 11.2. The van der Waals surface area contributed by atoms with Gasteiger partial charge in [-0.3, -0.25) is 29.0 Å². The summed E-state index contributed by atoms with van der Waals surface area (Å²) in [6.45, 7) is 2.53. The molecule has 4 amide bonds. The van der Waals surface area contributed by atoms with Gasteiger partial charge < -0.3 is 28.7 Å². The van der Waals surface area contributed by atoms with E-state index < -0.39 is 0 Å². The van der Waals surface area contributed by atoms with Crippen molar-refractivity contribution in [3.8, 4) is 23.0 Å². The third-order valence-electron chi connectivity index (χ3n) is 8.44. The quantitative estimate of drug-likeness (QED) is 0.273. The topological polar surface area (TPSA) is 118 Å². The Hall–Kier alpha value is -4.12. The van der Waals surface area contributed by atoms with Gasteiger partial charge in [-0.1, -0.05) is 60.1 Å². The number of hydrogen-bond acceptors (Lipinski definition) is 12. The molecule has 0 N–H and O–H groups in total. The second-order valence-electron chi connectivity index (χ2n) is 11.5. The van der Waals surface area contributed by atoms with E-state index in [1.54, 1.807) is 34.1 Å². The predicted molar refractivity (Wildman–Crippen MR) is 192 cm³/mol. The molecule has 254 valence electrons. The Balaban J connectivity index is 0.833. The first kappa shape index (κ1) is 33.4. The highest BCUT2D eigenvalue weighted by Crippen LogP contribution is 2.38. The van der Waals surface area contributed by atoms with Gasteiger partial charge in [0.15, 0.2) is 23.0 Å². The summed E-state index contributed by atoms with van der Waals surface area (Å²) in [4.78, 5) is 59.6. The molecule has 0 bridgehead atoms. The molecule has 2 aromatic carbocycles. The number of carbonyl (C=O) groups excluding carboxylic acids is 4. The number of piperazine rings is 1. The lowest BCUT2D eigenvalue weighted by atomic mass is 10.2. The zero-order chi connectivity index (χ0) is 34.1. The highest BCUT2D eigenvalue weighted by atomic mass is 32.2. The molecule has 0 spiro atoms. The van der Waals surface area contributed by atoms with Crippen LogP contribution in [-0.4, -0.2) is 105 Å². The lowest BCUT2D eigenvalue weighted by Gasteiger charge is -2.35. The van der Waals surface area contributed by atoms with Gasteiger partial charge in [0.05, 0.1) is 9.81 Å². The first-order valence-electron chi connectivity index (χ1n) is 15.6. The molecule has 12 nitrogen and oxygen atoms in total. The molecular formula is C33H30N4O8S4. The molecule has 0 aromatic heterocycles. The van der Waals surface area contributed by atoms with Crippen LogP contribution in [-0.2, 0) is 19.2 Å². The molecule has 0 atom stereocenters. The zero-order valence-electron chi connectivity index (χ0n) is 26.1. The van der Waals surface area contributed by atoms with Crippen molar-refractivity contribution in [1.82, 2.24) is 19.6 Å². The molecule has 16 heteroatoms. The van der Waals surface area contributed by atoms with E-state index in [-0.39, 0.29) is 56.6 Å². The van der Waals surface area contributed by atoms with Crippen molar-refractivity contribution in [2.45, 2.75) is 19.3 Å². The third kappa shape index (κ3) is 7.27. The summed E-state index contributed by atoms with van der Waals surface area (Å²) in [6, 6.07) is 10.9. The maximum atomic E-state index is 13.1. The first-order chi connectivity index (χ1) is 23.7. The van der Waals surface area contributed by atoms with Gasteiger partial charge in [-0.15, -0.1) is 0 Å². The van der Waals surface area contributed by atoms with Crippen LogP contribution in [0.15, 0.2) is 46.2 Å². The molecular weight excluding hydrogens is 709 g/mol. The summed E-state index contributed by atoms with van der Waals surface area (Å²) >= 11 is 13.3. The normalized spacial score (nSPS) is 20.1. The smallest absolute Gasteiger partial charge is 0.266 e. The molecule has 5 heterocycles. The van der Waals surface area contributed by atoms with Crippen LogP contribution >= 0.6 is 48.0 Å². The van der Waals surface area contributed by atoms with Crippen molar-refractivity contribution in [3.05, 3.63) is 57.3 Å². The second kappa shape index (κ2) is 14.4. The van der Waals surface area contributed by atoms with Gasteiger partial charge in [0.25, 0.3) is 11.8 Å². The minimum atomic E-state index is -0.234. The largest absolute Gasteiger partial charge is 0.454 e. The molecule has 2 aromatic rings. The Morgan fingerprint density at radius 3 is 1.61 bits per heavy atom. The second-order valence-corrected chi connectivity index (χ2v) is 14.9. The fourth-order valence-electron chi connectivity index (χ4n) is 5.81. The molecule has 0 radical (unpaired) electrons. The van der Waals surface area contributed by atoms with E-state index in [0.29, 0.717) is 80.6 Å². The highest BCUT2D eigenvalue weighted by molar-refractivity contribution is 8.27. The number of nitrogens with zero attached hydrogens (tertiary/aromatic N) is 4. The number of thioether (sulfide) groups is 2. The number of benzene rings is 2. The number of fused-ring (bicyclic) bond motifs is 2. The Morgan fingerprint density at radius 1 is 0.653 bits per heavy atom. The lowest BCUT2D eigenvalue weighted by Crippen LogP contribution is -2.51. The van der Waals surface area contributed by atoms with Gasteiger partial charge in [0.2, 0.25) is 25.4 Å². The van der Waals surface area contributed by atoms with Crippen LogP contribution in [0.4, 0.5) is 0 Å². The van der Waals surface area contributed by atoms with E-state index in [1.807, 2.05) is 24.3 Å². The Morgan fingerprint density at radius 2 is 1.10 bits per heavy atom. The summed E-state index contributed by atoms with van der Waals surface area (Å²) in [5.74, 6) is 2.06. The number of ether oxygens (including phenoxy) is 4. The Kier molecular flexibility index (Phi) is 9.80. The molecule has 3 fully saturated rings. The predicted octanol–water partition coefficient (Wildman–Crippen LogP) is 4.09. The molecule has 0 unspecified atom stereocenters. The van der Waals surface area contributed by atoms with Crippen LogP contribution in [0.1, 0.15) is 30.4 Å². The van der Waals surface area contributed by atoms with E-state index >= 15 is 0 Å². The monoisotopic (exact) mass is 738 g/mol. The standard InChI is InChI=1S/C33H30N4O8S4/c38-28(2-1-8-36-30(40)26(48-32(36)46)16-20-3-5-22-24(14-20)44-18-42-22)34-10-12-35(13-11-34)29(39)7-9-37-31(41)27(49-33(37)47)17-21-4-6-23-25(15-21)45-19-43-23/h3-6,14-17H,1-2,7-13,18-19H2/b26-16-,27-17+. The van der Waals surface area contributed by atoms with Gasteiger partial charge in [0.1, 0.15) is 8.64 Å². The molecule has 49 heavy (non-hydrogen) atoms. The fraction of sp³-hybridized carbons (Fsp3) is 0.333. The lowest BCUT2D eigenvalue weighted by molar-refractivity contribution is -0.140. The number of amides is 4. The molecule has 5 aliphatic rings. The Bertz CT molecular complexity index is 1820. The average molecular weight is 739 g/mol. The summed E-state index contributed by atoms with van der Waals surface area (Å²) in [6.07, 6.45) is 4.40. The molecule has 5 aliphatic heterocycles. The average Bonchev–Trinajstić information content (AvgIpc) is 3.88. The molecule has 7 rings (SSSR count). The summed E-state index contributed by atoms with van der Waals surface area (Å²) < 4.78 is 22.4. The van der Waals surface area contributed by atoms with Crippen molar-refractivity contribution >= 4 is 92.4 Å². The number of carbonyl (C=O) groups is 4. The van der Waals surface area contributed by atoms with Crippen molar-refractivity contribution < 1.29 is 38.1 Å². The van der Waals surface area contributed by atoms with Crippen LogP contribution in [0.25, 0.3) is 12.2 Å². The van der Waals surface area contributed by atoms with Gasteiger partial charge >= 0.3 is 0 Å². The summed E-state index contributed by atoms with van der Waals surface area (Å²) in [7, 11) is 0. The van der Waals surface area contributed by atoms with Crippen LogP contribution < -0.4 is 18.9 Å². The van der Waals surface area contributed by atoms with Crippen LogP contribution in [0.3, 0.4) is 0 Å². The van der Waals surface area contributed by atoms with E-state index in [4.69, 9.17) is 43.4 Å². The molecule has 0 saturated carbocycles. The maximum Gasteiger partial charge on any atom is 0.266 e. The summed E-state index contributed by atoms with van der Waals surface area (Å²) in [5.41, 5.74) is 1.60. The van der Waals surface area contributed by atoms with Gasteiger partial charge in [0, 0.05) is 52.1 Å². The Labute approximate surface area is 301 Å². The van der Waals surface area contributed by atoms with Crippen LogP contribution in [0, 0.1) is 0 Å². The van der Waals surface area contributed by atoms with E-state index in [0.717, 1.165) is 11.1 Å². The van der Waals surface area contributed by atoms with Crippen molar-refractivity contribution in [2.75, 3.05) is 52.9 Å². The minimum absolute atomic E-state index is 0.0275. The first-order valence-corrected chi connectivity index (χ1v) is 18.0. The number of thiocarbonyl (C=S) groups is 2. The zero-order valence-corrected chi connectivity index (χ0v) is 29.4. The van der Waals surface area contributed by atoms with E-state index in [9.17, 15) is 19.2 Å². The summed E-state index contributed by atoms with van der Waals surface area (Å²) in [5, 5.41) is 0. The van der Waals surface area contributed by atoms with Crippen molar-refractivity contribution in [1.29, 1.82) is 0 Å². The number of hydrogen-bond donors (Lipinski definition) is 0. The van der Waals surface area contributed by atoms with Gasteiger partial charge in [-0.2, -0.15) is 0 Å². The van der Waals surface area contributed by atoms with Crippen LogP contribution in [0.2, 0.25) is 0 Å². The van der Waals surface area contributed by atoms with E-state index in [2.05, 4.69) is 0 Å². The van der Waals surface area contributed by atoms with E-state index in [1.165, 1.54) is 33.3 Å². The molecule has 0 aliphatic carbocycles. The van der Waals surface area contributed by atoms with Crippen molar-refractivity contribution in [3.63, 3.8) is 0 Å². The highest BCUT2D eigenvalue weighted by Gasteiger charge is 2.34. The maximum absolute atomic E-state index is 13.1. The van der Waals surface area contributed by atoms with Crippen molar-refractivity contribution in [2.24, 2.45) is 0 Å². The minimum Gasteiger partial charge on any atom is -0.454 e. The van der Waals surface area contributed by atoms with Gasteiger partial charge in [-0.05, 0) is 54.0 Å². The van der Waals surface area contributed by atoms with Crippen LogP contribution in [0.5, 0.6) is 23.0 Å². The molecule has 3 saturated heterocycles. The SMILES string of the molecule is O=C(CCCN1C(=O)/C(=C/c2ccc3c(c2)OCO3)SC1=S)N1CCN(C(=O)CCN2C(=O)/C(=C\c3ccc4c(c3)OCO4)SC2=S)CC1. The number of rotatable bonds is 9.